The summed E-state index contributed by atoms with van der Waals surface area (Å²) in [4.78, 5) is 14.9. The number of thiocarbonyl (C=S) groups is 1. The SMILES string of the molecule is O=[N+]([O-])c1cc(/C=N/NC(=S)NC2CCCCC2)ccc1OS(=O)(=O)c1cccc2cccnc12. The maximum absolute atomic E-state index is 12.9. The third-order valence-corrected chi connectivity index (χ3v) is 7.04. The van der Waals surface area contributed by atoms with Crippen LogP contribution in [0.4, 0.5) is 5.69 Å². The molecule has 0 amide bonds. The molecule has 0 atom stereocenters. The minimum Gasteiger partial charge on any atom is -0.372 e. The number of fused-ring (bicyclic) bond motifs is 1. The summed E-state index contributed by atoms with van der Waals surface area (Å²) >= 11 is 5.24. The van der Waals surface area contributed by atoms with Crippen molar-refractivity contribution in [3.63, 3.8) is 0 Å². The van der Waals surface area contributed by atoms with Crippen LogP contribution in [-0.4, -0.2) is 35.7 Å². The van der Waals surface area contributed by atoms with Crippen molar-refractivity contribution < 1.29 is 17.5 Å². The van der Waals surface area contributed by atoms with Gasteiger partial charge in [-0.15, -0.1) is 0 Å². The van der Waals surface area contributed by atoms with E-state index in [1.54, 1.807) is 24.3 Å². The second kappa shape index (κ2) is 10.7. The van der Waals surface area contributed by atoms with Crippen LogP contribution >= 0.6 is 12.2 Å². The molecule has 0 aliphatic heterocycles. The van der Waals surface area contributed by atoms with Crippen LogP contribution in [0.15, 0.2) is 64.7 Å². The lowest BCUT2D eigenvalue weighted by molar-refractivity contribution is -0.385. The molecule has 2 N–H and O–H groups in total. The fourth-order valence-corrected chi connectivity index (χ4v) is 5.24. The maximum Gasteiger partial charge on any atom is 0.341 e. The lowest BCUT2D eigenvalue weighted by Gasteiger charge is -2.23. The van der Waals surface area contributed by atoms with Crippen LogP contribution in [0.2, 0.25) is 0 Å². The van der Waals surface area contributed by atoms with Crippen molar-refractivity contribution in [2.45, 2.75) is 43.0 Å². The van der Waals surface area contributed by atoms with Gasteiger partial charge in [0.05, 0.1) is 16.7 Å². The first kappa shape index (κ1) is 24.5. The predicted molar refractivity (Wildman–Crippen MR) is 136 cm³/mol. The highest BCUT2D eigenvalue weighted by Gasteiger charge is 2.25. The van der Waals surface area contributed by atoms with E-state index in [4.69, 9.17) is 16.4 Å². The molecule has 1 fully saturated rings. The third-order valence-electron chi connectivity index (χ3n) is 5.56. The molecule has 3 aromatic rings. The Hall–Kier alpha value is -3.64. The first-order valence-electron chi connectivity index (χ1n) is 11.0. The topological polar surface area (TPSA) is 136 Å². The van der Waals surface area contributed by atoms with E-state index in [1.807, 2.05) is 0 Å². The quantitative estimate of drug-likeness (QED) is 0.158. The molecule has 10 nitrogen and oxygen atoms in total. The number of hydrogen-bond donors (Lipinski definition) is 2. The Balaban J connectivity index is 1.50. The van der Waals surface area contributed by atoms with Gasteiger partial charge in [-0.3, -0.25) is 20.5 Å². The Labute approximate surface area is 207 Å². The molecule has 12 heteroatoms. The molecule has 1 aliphatic rings. The first-order valence-corrected chi connectivity index (χ1v) is 12.8. The Kier molecular flexibility index (Phi) is 7.51. The van der Waals surface area contributed by atoms with Crippen LogP contribution in [-0.2, 0) is 10.1 Å². The predicted octanol–water partition coefficient (Wildman–Crippen LogP) is 4.04. The molecular formula is C23H23N5O5S2. The Morgan fingerprint density at radius 1 is 1.17 bits per heavy atom. The van der Waals surface area contributed by atoms with E-state index in [9.17, 15) is 18.5 Å². The molecule has 1 saturated carbocycles. The summed E-state index contributed by atoms with van der Waals surface area (Å²) in [5, 5.41) is 19.8. The van der Waals surface area contributed by atoms with Gasteiger partial charge in [-0.1, -0.05) is 37.5 Å². The molecule has 1 heterocycles. The zero-order valence-electron chi connectivity index (χ0n) is 18.6. The van der Waals surface area contributed by atoms with E-state index in [0.29, 0.717) is 22.1 Å². The van der Waals surface area contributed by atoms with Gasteiger partial charge in [-0.2, -0.15) is 13.5 Å². The average Bonchev–Trinajstić information content (AvgIpc) is 2.84. The van der Waals surface area contributed by atoms with Crippen LogP contribution in [0.1, 0.15) is 37.7 Å². The van der Waals surface area contributed by atoms with E-state index < -0.39 is 26.5 Å². The summed E-state index contributed by atoms with van der Waals surface area (Å²) in [6.45, 7) is 0. The highest BCUT2D eigenvalue weighted by Crippen LogP contribution is 2.31. The number of nitrogens with one attached hydrogen (secondary N) is 2. The Bertz CT molecular complexity index is 1380. The fourth-order valence-electron chi connectivity index (χ4n) is 3.90. The number of nitro groups is 1. The van der Waals surface area contributed by atoms with Crippen LogP contribution in [0.5, 0.6) is 5.75 Å². The van der Waals surface area contributed by atoms with Gasteiger partial charge < -0.3 is 9.50 Å². The molecule has 0 saturated heterocycles. The lowest BCUT2D eigenvalue weighted by atomic mass is 9.96. The van der Waals surface area contributed by atoms with Crippen molar-refractivity contribution in [3.05, 3.63) is 70.4 Å². The number of nitro benzene ring substituents is 1. The molecule has 0 radical (unpaired) electrons. The van der Waals surface area contributed by atoms with Crippen molar-refractivity contribution in [1.29, 1.82) is 0 Å². The molecule has 1 aliphatic carbocycles. The second-order valence-corrected chi connectivity index (χ2v) is 9.95. The summed E-state index contributed by atoms with van der Waals surface area (Å²) in [6.07, 6.45) is 8.48. The summed E-state index contributed by atoms with van der Waals surface area (Å²) in [6, 6.07) is 12.2. The fraction of sp³-hybridized carbons (Fsp3) is 0.261. The molecule has 35 heavy (non-hydrogen) atoms. The minimum atomic E-state index is -4.39. The van der Waals surface area contributed by atoms with Crippen molar-refractivity contribution in [2.24, 2.45) is 5.10 Å². The second-order valence-electron chi connectivity index (χ2n) is 8.03. The van der Waals surface area contributed by atoms with Crippen LogP contribution < -0.4 is 14.9 Å². The summed E-state index contributed by atoms with van der Waals surface area (Å²) < 4.78 is 31.1. The van der Waals surface area contributed by atoms with Crippen molar-refractivity contribution in [1.82, 2.24) is 15.7 Å². The largest absolute Gasteiger partial charge is 0.372 e. The number of nitrogens with zero attached hydrogens (tertiary/aromatic N) is 3. The summed E-state index contributed by atoms with van der Waals surface area (Å²) in [7, 11) is -4.39. The first-order chi connectivity index (χ1) is 16.8. The van der Waals surface area contributed by atoms with Crippen LogP contribution in [0.3, 0.4) is 0 Å². The number of rotatable bonds is 7. The summed E-state index contributed by atoms with van der Waals surface area (Å²) in [5.41, 5.74) is 2.76. The Morgan fingerprint density at radius 2 is 1.94 bits per heavy atom. The number of benzene rings is 2. The van der Waals surface area contributed by atoms with E-state index in [0.717, 1.165) is 25.7 Å². The molecule has 0 spiro atoms. The smallest absolute Gasteiger partial charge is 0.341 e. The van der Waals surface area contributed by atoms with Gasteiger partial charge in [0.25, 0.3) is 0 Å². The van der Waals surface area contributed by atoms with Crippen molar-refractivity contribution >= 4 is 50.3 Å². The van der Waals surface area contributed by atoms with Gasteiger partial charge >= 0.3 is 15.8 Å². The van der Waals surface area contributed by atoms with E-state index in [1.165, 1.54) is 43.1 Å². The van der Waals surface area contributed by atoms with Gasteiger partial charge in [-0.05, 0) is 49.3 Å². The maximum atomic E-state index is 12.9. The number of hydrazone groups is 1. The zero-order chi connectivity index (χ0) is 24.8. The standard InChI is InChI=1S/C23H23N5O5S2/c29-28(30)19-14-16(15-25-27-23(34)26-18-8-2-1-3-9-18)11-12-20(19)33-35(31,32)21-10-4-6-17-7-5-13-24-22(17)21/h4-7,10-15,18H,1-3,8-9H2,(H2,26,27,34)/b25-15+. The molecule has 182 valence electrons. The number of aromatic nitrogens is 1. The van der Waals surface area contributed by atoms with Gasteiger partial charge in [0.1, 0.15) is 4.90 Å². The molecule has 1 aromatic heterocycles. The minimum absolute atomic E-state index is 0.182. The zero-order valence-corrected chi connectivity index (χ0v) is 20.2. The van der Waals surface area contributed by atoms with Crippen molar-refractivity contribution in [2.75, 3.05) is 0 Å². The molecular weight excluding hydrogens is 490 g/mol. The monoisotopic (exact) mass is 513 g/mol. The van der Waals surface area contributed by atoms with Crippen LogP contribution in [0, 0.1) is 10.1 Å². The van der Waals surface area contributed by atoms with E-state index >= 15 is 0 Å². The van der Waals surface area contributed by atoms with Gasteiger partial charge in [0, 0.05) is 29.3 Å². The highest BCUT2D eigenvalue weighted by molar-refractivity contribution is 7.87. The average molecular weight is 514 g/mol. The normalized spacial score (nSPS) is 14.6. The van der Waals surface area contributed by atoms with E-state index in [2.05, 4.69) is 20.8 Å². The molecule has 4 rings (SSSR count). The van der Waals surface area contributed by atoms with E-state index in [-0.39, 0.29) is 10.4 Å². The highest BCUT2D eigenvalue weighted by atomic mass is 32.2. The van der Waals surface area contributed by atoms with Gasteiger partial charge in [-0.25, -0.2) is 0 Å². The molecule has 0 unspecified atom stereocenters. The molecule has 2 aromatic carbocycles. The third kappa shape index (κ3) is 6.08. The van der Waals surface area contributed by atoms with Crippen LogP contribution in [0.25, 0.3) is 10.9 Å². The van der Waals surface area contributed by atoms with Crippen molar-refractivity contribution in [3.8, 4) is 5.75 Å². The van der Waals surface area contributed by atoms with Gasteiger partial charge in [0.2, 0.25) is 5.75 Å². The number of para-hydroxylation sites is 1. The lowest BCUT2D eigenvalue weighted by Crippen LogP contribution is -2.40. The van der Waals surface area contributed by atoms with Gasteiger partial charge in [0.15, 0.2) is 5.11 Å². The number of pyridine rings is 1. The molecule has 0 bridgehead atoms. The Morgan fingerprint density at radius 3 is 2.71 bits per heavy atom. The number of hydrogen-bond acceptors (Lipinski definition) is 8. The summed E-state index contributed by atoms with van der Waals surface area (Å²) in [5.74, 6) is -0.414.